The van der Waals surface area contributed by atoms with E-state index in [2.05, 4.69) is 10.1 Å². The molecule has 0 N–H and O–H groups in total. The SMILES string of the molecule is O=c1c2ncn(Cc3ccccc3F)c2cnn1COCc1ccccc1. The highest BCUT2D eigenvalue weighted by Crippen LogP contribution is 2.13. The molecule has 2 aromatic carbocycles. The van der Waals surface area contributed by atoms with Crippen LogP contribution < -0.4 is 5.56 Å². The van der Waals surface area contributed by atoms with Crippen LogP contribution in [-0.2, 0) is 24.6 Å². The summed E-state index contributed by atoms with van der Waals surface area (Å²) < 4.78 is 22.4. The number of benzene rings is 2. The molecule has 0 bridgehead atoms. The highest BCUT2D eigenvalue weighted by atomic mass is 19.1. The molecule has 2 aromatic heterocycles. The number of fused-ring (bicyclic) bond motifs is 1. The first-order chi connectivity index (χ1) is 13.2. The maximum absolute atomic E-state index is 13.9. The maximum atomic E-state index is 13.9. The minimum atomic E-state index is -0.340. The summed E-state index contributed by atoms with van der Waals surface area (Å²) in [6.45, 7) is 0.692. The Morgan fingerprint density at radius 2 is 1.81 bits per heavy atom. The molecular weight excluding hydrogens is 347 g/mol. The summed E-state index contributed by atoms with van der Waals surface area (Å²) >= 11 is 0. The molecular formula is C20H17FN4O2. The van der Waals surface area contributed by atoms with Gasteiger partial charge in [0.15, 0.2) is 5.52 Å². The first kappa shape index (κ1) is 17.1. The van der Waals surface area contributed by atoms with E-state index in [1.165, 1.54) is 17.1 Å². The van der Waals surface area contributed by atoms with Gasteiger partial charge in [0, 0.05) is 5.56 Å². The molecule has 0 spiro atoms. The molecule has 0 saturated heterocycles. The van der Waals surface area contributed by atoms with E-state index >= 15 is 0 Å². The smallest absolute Gasteiger partial charge is 0.297 e. The molecule has 0 amide bonds. The highest BCUT2D eigenvalue weighted by Gasteiger charge is 2.11. The standard InChI is InChI=1S/C20H17FN4O2/c21-17-9-5-4-8-16(17)11-24-13-22-19-18(24)10-23-25(20(19)26)14-27-12-15-6-2-1-3-7-15/h1-10,13H,11-12,14H2. The van der Waals surface area contributed by atoms with Gasteiger partial charge in [-0.1, -0.05) is 48.5 Å². The van der Waals surface area contributed by atoms with Crippen molar-refractivity contribution in [1.82, 2.24) is 19.3 Å². The Morgan fingerprint density at radius 3 is 2.63 bits per heavy atom. The lowest BCUT2D eigenvalue weighted by Crippen LogP contribution is -2.24. The van der Waals surface area contributed by atoms with Gasteiger partial charge in [0.05, 0.1) is 31.2 Å². The Bertz CT molecular complexity index is 1120. The second-order valence-electron chi connectivity index (χ2n) is 6.11. The largest absolute Gasteiger partial charge is 0.354 e. The predicted octanol–water partition coefficient (Wildman–Crippen LogP) is 2.95. The zero-order chi connectivity index (χ0) is 18.6. The third-order valence-electron chi connectivity index (χ3n) is 4.26. The molecule has 0 aliphatic carbocycles. The van der Waals surface area contributed by atoms with Crippen LogP contribution in [0.4, 0.5) is 4.39 Å². The van der Waals surface area contributed by atoms with Crippen LogP contribution in [0.3, 0.4) is 0 Å². The average molecular weight is 364 g/mol. The van der Waals surface area contributed by atoms with Gasteiger partial charge >= 0.3 is 0 Å². The Balaban J connectivity index is 1.53. The molecule has 7 heteroatoms. The molecule has 4 rings (SSSR count). The summed E-state index contributed by atoms with van der Waals surface area (Å²) in [5.41, 5.74) is 2.04. The Hall–Kier alpha value is -3.32. The quantitative estimate of drug-likeness (QED) is 0.528. The number of rotatable bonds is 6. The van der Waals surface area contributed by atoms with Crippen molar-refractivity contribution in [2.75, 3.05) is 0 Å². The van der Waals surface area contributed by atoms with Crippen molar-refractivity contribution < 1.29 is 9.13 Å². The van der Waals surface area contributed by atoms with Crippen LogP contribution in [0, 0.1) is 5.82 Å². The van der Waals surface area contributed by atoms with E-state index in [4.69, 9.17) is 4.74 Å². The second kappa shape index (κ2) is 7.51. The van der Waals surface area contributed by atoms with Gasteiger partial charge < -0.3 is 9.30 Å². The minimum Gasteiger partial charge on any atom is -0.354 e. The fourth-order valence-electron chi connectivity index (χ4n) is 2.84. The van der Waals surface area contributed by atoms with Crippen LogP contribution in [0.1, 0.15) is 11.1 Å². The minimum absolute atomic E-state index is 0.0316. The van der Waals surface area contributed by atoms with E-state index in [9.17, 15) is 9.18 Å². The molecule has 0 radical (unpaired) electrons. The van der Waals surface area contributed by atoms with Crippen molar-refractivity contribution in [3.05, 3.63) is 94.4 Å². The topological polar surface area (TPSA) is 61.9 Å². The number of aromatic nitrogens is 4. The number of nitrogens with zero attached hydrogens (tertiary/aromatic N) is 4. The molecule has 0 saturated carbocycles. The molecule has 0 unspecified atom stereocenters. The van der Waals surface area contributed by atoms with E-state index in [1.807, 2.05) is 30.3 Å². The molecule has 2 heterocycles. The van der Waals surface area contributed by atoms with E-state index in [0.29, 0.717) is 17.7 Å². The summed E-state index contributed by atoms with van der Waals surface area (Å²) in [7, 11) is 0. The lowest BCUT2D eigenvalue weighted by molar-refractivity contribution is 0.0532. The molecule has 0 atom stereocenters. The van der Waals surface area contributed by atoms with Gasteiger partial charge in [-0.2, -0.15) is 5.10 Å². The highest BCUT2D eigenvalue weighted by molar-refractivity contribution is 5.72. The van der Waals surface area contributed by atoms with Crippen LogP contribution in [0.2, 0.25) is 0 Å². The van der Waals surface area contributed by atoms with Crippen molar-refractivity contribution in [3.63, 3.8) is 0 Å². The van der Waals surface area contributed by atoms with Crippen molar-refractivity contribution in [2.45, 2.75) is 19.9 Å². The fraction of sp³-hybridized carbons (Fsp3) is 0.150. The lowest BCUT2D eigenvalue weighted by atomic mass is 10.2. The number of ether oxygens (including phenoxy) is 1. The van der Waals surface area contributed by atoms with E-state index in [1.54, 1.807) is 29.0 Å². The van der Waals surface area contributed by atoms with Gasteiger partial charge in [-0.25, -0.2) is 14.1 Å². The Labute approximate surface area is 154 Å². The Morgan fingerprint density at radius 1 is 1.04 bits per heavy atom. The fourth-order valence-corrected chi connectivity index (χ4v) is 2.84. The van der Waals surface area contributed by atoms with E-state index in [-0.39, 0.29) is 30.2 Å². The van der Waals surface area contributed by atoms with Crippen LogP contribution in [0.25, 0.3) is 11.0 Å². The van der Waals surface area contributed by atoms with Crippen LogP contribution in [0.15, 0.2) is 71.9 Å². The van der Waals surface area contributed by atoms with Crippen molar-refractivity contribution in [1.29, 1.82) is 0 Å². The second-order valence-corrected chi connectivity index (χ2v) is 6.11. The summed E-state index contributed by atoms with van der Waals surface area (Å²) in [5.74, 6) is -0.296. The maximum Gasteiger partial charge on any atom is 0.297 e. The van der Waals surface area contributed by atoms with Crippen LogP contribution >= 0.6 is 0 Å². The van der Waals surface area contributed by atoms with Gasteiger partial charge in [0.25, 0.3) is 5.56 Å². The molecule has 0 aliphatic rings. The van der Waals surface area contributed by atoms with Crippen molar-refractivity contribution in [2.24, 2.45) is 0 Å². The number of imidazole rings is 1. The van der Waals surface area contributed by atoms with Gasteiger partial charge in [0.1, 0.15) is 12.5 Å². The number of hydrogen-bond donors (Lipinski definition) is 0. The summed E-state index contributed by atoms with van der Waals surface area (Å²) in [5, 5.41) is 4.16. The van der Waals surface area contributed by atoms with Crippen molar-refractivity contribution in [3.8, 4) is 0 Å². The zero-order valence-corrected chi connectivity index (χ0v) is 14.5. The monoisotopic (exact) mass is 364 g/mol. The summed E-state index contributed by atoms with van der Waals surface area (Å²) in [6, 6.07) is 16.2. The molecule has 0 aliphatic heterocycles. The summed E-state index contributed by atoms with van der Waals surface area (Å²) in [4.78, 5) is 16.8. The molecule has 4 aromatic rings. The van der Waals surface area contributed by atoms with Gasteiger partial charge in [-0.05, 0) is 11.6 Å². The third kappa shape index (κ3) is 3.63. The van der Waals surface area contributed by atoms with Crippen LogP contribution in [-0.4, -0.2) is 19.3 Å². The first-order valence-corrected chi connectivity index (χ1v) is 8.48. The predicted molar refractivity (Wildman–Crippen MR) is 98.5 cm³/mol. The normalized spacial score (nSPS) is 11.1. The Kier molecular flexibility index (Phi) is 4.76. The molecule has 0 fully saturated rings. The third-order valence-corrected chi connectivity index (χ3v) is 4.26. The van der Waals surface area contributed by atoms with E-state index < -0.39 is 0 Å². The van der Waals surface area contributed by atoms with E-state index in [0.717, 1.165) is 5.56 Å². The number of hydrogen-bond acceptors (Lipinski definition) is 4. The van der Waals surface area contributed by atoms with Gasteiger partial charge in [-0.15, -0.1) is 0 Å². The average Bonchev–Trinajstić information content (AvgIpc) is 3.10. The van der Waals surface area contributed by atoms with Gasteiger partial charge in [0.2, 0.25) is 0 Å². The lowest BCUT2D eigenvalue weighted by Gasteiger charge is -2.08. The molecule has 136 valence electrons. The van der Waals surface area contributed by atoms with Crippen LogP contribution in [0.5, 0.6) is 0 Å². The zero-order valence-electron chi connectivity index (χ0n) is 14.5. The molecule has 27 heavy (non-hydrogen) atoms. The van der Waals surface area contributed by atoms with Gasteiger partial charge in [-0.3, -0.25) is 4.79 Å². The molecule has 6 nitrogen and oxygen atoms in total. The van der Waals surface area contributed by atoms with Crippen molar-refractivity contribution >= 4 is 11.0 Å². The summed E-state index contributed by atoms with van der Waals surface area (Å²) in [6.07, 6.45) is 3.08. The number of halogens is 1. The first-order valence-electron chi connectivity index (χ1n) is 8.48.